The number of nitrogens with one attached hydrogen (secondary N) is 1. The number of anilines is 1. The standard InChI is InChI=1S/C14H12F3N3O5S/c15-14(16,17)26(24,25)11-4-1-9(2-5-11)18-13(23)20-8-7-10(19-20)3-6-12(21)22/h1-2,4-5,7-8H,3,6H2,(H,18,23)(H,21,22). The Morgan fingerprint density at radius 3 is 2.31 bits per heavy atom. The first-order chi connectivity index (χ1) is 12.0. The molecule has 0 radical (unpaired) electrons. The van der Waals surface area contributed by atoms with Crippen LogP contribution in [0, 0.1) is 0 Å². The lowest BCUT2D eigenvalue weighted by atomic mass is 10.2. The fraction of sp³-hybridized carbons (Fsp3) is 0.214. The highest BCUT2D eigenvalue weighted by Crippen LogP contribution is 2.30. The van der Waals surface area contributed by atoms with E-state index < -0.39 is 32.2 Å². The molecule has 0 saturated heterocycles. The molecule has 0 unspecified atom stereocenters. The lowest BCUT2D eigenvalue weighted by molar-refractivity contribution is -0.136. The summed E-state index contributed by atoms with van der Waals surface area (Å²) in [4.78, 5) is 21.5. The molecule has 2 rings (SSSR count). The van der Waals surface area contributed by atoms with E-state index >= 15 is 0 Å². The Labute approximate surface area is 145 Å². The van der Waals surface area contributed by atoms with Crippen LogP contribution in [0.5, 0.6) is 0 Å². The summed E-state index contributed by atoms with van der Waals surface area (Å²) in [5.41, 5.74) is -4.99. The van der Waals surface area contributed by atoms with Gasteiger partial charge in [-0.15, -0.1) is 0 Å². The third-order valence-corrected chi connectivity index (χ3v) is 4.67. The Bertz CT molecular complexity index is 920. The first-order valence-corrected chi connectivity index (χ1v) is 8.48. The van der Waals surface area contributed by atoms with Crippen molar-refractivity contribution in [2.75, 3.05) is 5.32 Å². The van der Waals surface area contributed by atoms with E-state index in [4.69, 9.17) is 5.11 Å². The number of amides is 1. The molecule has 1 aromatic carbocycles. The summed E-state index contributed by atoms with van der Waals surface area (Å²) in [6, 6.07) is 4.15. The second kappa shape index (κ2) is 7.15. The van der Waals surface area contributed by atoms with Gasteiger partial charge in [-0.3, -0.25) is 4.79 Å². The van der Waals surface area contributed by atoms with E-state index in [2.05, 4.69) is 10.4 Å². The van der Waals surface area contributed by atoms with Gasteiger partial charge in [0, 0.05) is 18.3 Å². The Hall–Kier alpha value is -2.89. The normalized spacial score (nSPS) is 12.0. The smallest absolute Gasteiger partial charge is 0.481 e. The number of alkyl halides is 3. The van der Waals surface area contributed by atoms with Crippen molar-refractivity contribution in [3.63, 3.8) is 0 Å². The van der Waals surface area contributed by atoms with Crippen molar-refractivity contribution in [3.8, 4) is 0 Å². The predicted molar refractivity (Wildman–Crippen MR) is 82.3 cm³/mol. The highest BCUT2D eigenvalue weighted by Gasteiger charge is 2.46. The average Bonchev–Trinajstić information content (AvgIpc) is 3.01. The van der Waals surface area contributed by atoms with Gasteiger partial charge in [0.2, 0.25) is 0 Å². The number of aryl methyl sites for hydroxylation is 1. The van der Waals surface area contributed by atoms with Gasteiger partial charge in [0.05, 0.1) is 17.0 Å². The second-order valence-electron chi connectivity index (χ2n) is 5.05. The lowest BCUT2D eigenvalue weighted by Crippen LogP contribution is -2.23. The van der Waals surface area contributed by atoms with Crippen molar-refractivity contribution in [3.05, 3.63) is 42.2 Å². The molecule has 1 amide bonds. The zero-order valence-electron chi connectivity index (χ0n) is 12.9. The zero-order chi connectivity index (χ0) is 19.5. The summed E-state index contributed by atoms with van der Waals surface area (Å²) in [5, 5.41) is 14.8. The van der Waals surface area contributed by atoms with Gasteiger partial charge in [-0.05, 0) is 30.3 Å². The maximum absolute atomic E-state index is 12.5. The highest BCUT2D eigenvalue weighted by atomic mass is 32.2. The van der Waals surface area contributed by atoms with Crippen molar-refractivity contribution in [1.29, 1.82) is 0 Å². The van der Waals surface area contributed by atoms with E-state index in [-0.39, 0.29) is 18.5 Å². The SMILES string of the molecule is O=C(O)CCc1ccn(C(=O)Nc2ccc(S(=O)(=O)C(F)(F)F)cc2)n1. The first-order valence-electron chi connectivity index (χ1n) is 7.00. The molecule has 1 heterocycles. The van der Waals surface area contributed by atoms with Crippen molar-refractivity contribution in [2.45, 2.75) is 23.2 Å². The molecule has 26 heavy (non-hydrogen) atoms. The number of carbonyl (C=O) groups excluding carboxylic acids is 1. The summed E-state index contributed by atoms with van der Waals surface area (Å²) in [7, 11) is -5.46. The van der Waals surface area contributed by atoms with Crippen LogP contribution in [0.15, 0.2) is 41.4 Å². The summed E-state index contributed by atoms with van der Waals surface area (Å²) in [6.45, 7) is 0. The van der Waals surface area contributed by atoms with Crippen molar-refractivity contribution in [2.24, 2.45) is 0 Å². The Morgan fingerprint density at radius 1 is 1.15 bits per heavy atom. The molecule has 2 N–H and O–H groups in total. The van der Waals surface area contributed by atoms with Crippen LogP contribution in [-0.4, -0.2) is 40.8 Å². The molecule has 8 nitrogen and oxygen atoms in total. The molecule has 12 heteroatoms. The van der Waals surface area contributed by atoms with Crippen LogP contribution in [0.25, 0.3) is 0 Å². The Kier molecular flexibility index (Phi) is 5.35. The molecule has 0 bridgehead atoms. The molecular weight excluding hydrogens is 379 g/mol. The number of carboxylic acids is 1. The molecule has 0 saturated carbocycles. The fourth-order valence-electron chi connectivity index (χ4n) is 1.87. The number of aliphatic carboxylic acids is 1. The number of carboxylic acid groups (broad SMARTS) is 1. The molecular formula is C14H12F3N3O5S. The van der Waals surface area contributed by atoms with Gasteiger partial charge in [-0.1, -0.05) is 0 Å². The summed E-state index contributed by atoms with van der Waals surface area (Å²) >= 11 is 0. The number of halogens is 3. The molecule has 0 spiro atoms. The van der Waals surface area contributed by atoms with Crippen LogP contribution in [0.4, 0.5) is 23.7 Å². The molecule has 0 atom stereocenters. The fourth-order valence-corrected chi connectivity index (χ4v) is 2.64. The van der Waals surface area contributed by atoms with Gasteiger partial charge in [-0.25, -0.2) is 13.2 Å². The van der Waals surface area contributed by atoms with Gasteiger partial charge in [0.25, 0.3) is 9.84 Å². The van der Waals surface area contributed by atoms with E-state index in [1.165, 1.54) is 12.3 Å². The van der Waals surface area contributed by atoms with Crippen molar-refractivity contribution in [1.82, 2.24) is 9.78 Å². The minimum Gasteiger partial charge on any atom is -0.481 e. The molecule has 2 aromatic rings. The lowest BCUT2D eigenvalue weighted by Gasteiger charge is -2.09. The first kappa shape index (κ1) is 19.4. The quantitative estimate of drug-likeness (QED) is 0.807. The number of benzene rings is 1. The third-order valence-electron chi connectivity index (χ3n) is 3.17. The molecule has 0 aliphatic carbocycles. The molecule has 0 fully saturated rings. The van der Waals surface area contributed by atoms with Crippen LogP contribution in [0.1, 0.15) is 12.1 Å². The minimum absolute atomic E-state index is 0.0544. The van der Waals surface area contributed by atoms with E-state index in [1.807, 2.05) is 0 Å². The van der Waals surface area contributed by atoms with Crippen molar-refractivity contribution < 1.29 is 36.3 Å². The second-order valence-corrected chi connectivity index (χ2v) is 6.99. The van der Waals surface area contributed by atoms with Gasteiger partial charge >= 0.3 is 17.5 Å². The van der Waals surface area contributed by atoms with Crippen LogP contribution < -0.4 is 5.32 Å². The largest absolute Gasteiger partial charge is 0.501 e. The van der Waals surface area contributed by atoms with Gasteiger partial charge in [0.1, 0.15) is 0 Å². The van der Waals surface area contributed by atoms with Gasteiger partial charge in [-0.2, -0.15) is 23.0 Å². The number of hydrogen-bond acceptors (Lipinski definition) is 5. The van der Waals surface area contributed by atoms with E-state index in [9.17, 15) is 31.2 Å². The third kappa shape index (κ3) is 4.39. The minimum atomic E-state index is -5.46. The number of carbonyl (C=O) groups is 2. The average molecular weight is 391 g/mol. The molecule has 0 aliphatic rings. The van der Waals surface area contributed by atoms with Crippen LogP contribution >= 0.6 is 0 Å². The molecule has 1 aromatic heterocycles. The zero-order valence-corrected chi connectivity index (χ0v) is 13.7. The van der Waals surface area contributed by atoms with E-state index in [0.717, 1.165) is 28.9 Å². The monoisotopic (exact) mass is 391 g/mol. The molecule has 0 aliphatic heterocycles. The number of hydrogen-bond donors (Lipinski definition) is 2. The summed E-state index contributed by atoms with van der Waals surface area (Å²) in [6.07, 6.45) is 1.25. The van der Waals surface area contributed by atoms with E-state index in [0.29, 0.717) is 5.69 Å². The van der Waals surface area contributed by atoms with Crippen LogP contribution in [-0.2, 0) is 21.1 Å². The topological polar surface area (TPSA) is 118 Å². The summed E-state index contributed by atoms with van der Waals surface area (Å²) < 4.78 is 60.8. The Morgan fingerprint density at radius 2 is 1.77 bits per heavy atom. The summed E-state index contributed by atoms with van der Waals surface area (Å²) in [5.74, 6) is -1.02. The van der Waals surface area contributed by atoms with Gasteiger partial charge < -0.3 is 10.4 Å². The van der Waals surface area contributed by atoms with E-state index in [1.54, 1.807) is 0 Å². The molecule has 140 valence electrons. The van der Waals surface area contributed by atoms with Crippen LogP contribution in [0.2, 0.25) is 0 Å². The Balaban J connectivity index is 2.07. The maximum Gasteiger partial charge on any atom is 0.501 e. The van der Waals surface area contributed by atoms with Crippen molar-refractivity contribution >= 4 is 27.5 Å². The number of rotatable bonds is 5. The number of aromatic nitrogens is 2. The van der Waals surface area contributed by atoms with Gasteiger partial charge in [0.15, 0.2) is 0 Å². The highest BCUT2D eigenvalue weighted by molar-refractivity contribution is 7.92. The predicted octanol–water partition coefficient (Wildman–Crippen LogP) is 2.27. The maximum atomic E-state index is 12.5. The number of sulfone groups is 1. The van der Waals surface area contributed by atoms with Crippen LogP contribution in [0.3, 0.4) is 0 Å². The number of nitrogens with zero attached hydrogens (tertiary/aromatic N) is 2.